The van der Waals surface area contributed by atoms with E-state index in [0.29, 0.717) is 23.7 Å². The van der Waals surface area contributed by atoms with Gasteiger partial charge in [-0.1, -0.05) is 24.6 Å². The number of hydrogen-bond donors (Lipinski definition) is 0. The fourth-order valence-corrected chi connectivity index (χ4v) is 4.67. The highest BCUT2D eigenvalue weighted by atomic mass is 16.4. The van der Waals surface area contributed by atoms with Gasteiger partial charge in [-0.05, 0) is 68.0 Å². The normalized spacial score (nSPS) is 21.1. The lowest BCUT2D eigenvalue weighted by atomic mass is 10.0. The lowest BCUT2D eigenvalue weighted by molar-refractivity contribution is 0.0729. The summed E-state index contributed by atoms with van der Waals surface area (Å²) < 4.78 is 5.88. The molecule has 1 aliphatic heterocycles. The van der Waals surface area contributed by atoms with E-state index in [1.54, 1.807) is 0 Å². The topological polar surface area (TPSA) is 59.2 Å². The number of amides is 1. The highest BCUT2D eigenvalue weighted by Gasteiger charge is 2.39. The number of nitrogens with zero attached hydrogens (tertiary/aromatic N) is 3. The van der Waals surface area contributed by atoms with E-state index >= 15 is 0 Å². The molecule has 0 spiro atoms. The predicted octanol–water partition coefficient (Wildman–Crippen LogP) is 4.73. The second-order valence-electron chi connectivity index (χ2n) is 7.85. The predicted molar refractivity (Wildman–Crippen MR) is 107 cm³/mol. The summed E-state index contributed by atoms with van der Waals surface area (Å²) in [6.45, 7) is 2.91. The summed E-state index contributed by atoms with van der Waals surface area (Å²) in [6, 6.07) is 15.9. The van der Waals surface area contributed by atoms with Gasteiger partial charge in [0.1, 0.15) is 0 Å². The van der Waals surface area contributed by atoms with Crippen LogP contribution in [0.3, 0.4) is 0 Å². The minimum atomic E-state index is 0.145. The number of carbonyl (C=O) groups excluding carboxylic acids is 1. The summed E-state index contributed by atoms with van der Waals surface area (Å²) >= 11 is 0. The molecule has 142 valence electrons. The van der Waals surface area contributed by atoms with Gasteiger partial charge in [-0.25, -0.2) is 0 Å². The van der Waals surface area contributed by atoms with Crippen molar-refractivity contribution >= 4 is 5.91 Å². The van der Waals surface area contributed by atoms with Crippen molar-refractivity contribution in [2.45, 2.75) is 38.6 Å². The van der Waals surface area contributed by atoms with E-state index in [1.165, 1.54) is 12.8 Å². The molecule has 2 aromatic carbocycles. The zero-order valence-electron chi connectivity index (χ0n) is 16.0. The number of aryl methyl sites for hydroxylation is 1. The molecule has 0 bridgehead atoms. The molecule has 1 aromatic heterocycles. The third kappa shape index (κ3) is 2.91. The monoisotopic (exact) mass is 373 g/mol. The van der Waals surface area contributed by atoms with Crippen molar-refractivity contribution in [1.29, 1.82) is 0 Å². The van der Waals surface area contributed by atoms with Gasteiger partial charge in [0.25, 0.3) is 5.91 Å². The molecule has 2 heterocycles. The van der Waals surface area contributed by atoms with Crippen LogP contribution in [-0.4, -0.2) is 33.6 Å². The number of aromatic nitrogens is 2. The van der Waals surface area contributed by atoms with Crippen LogP contribution in [0.4, 0.5) is 0 Å². The van der Waals surface area contributed by atoms with Gasteiger partial charge in [0.05, 0.1) is 0 Å². The standard InChI is InChI=1S/C23H23N3O2/c1-15-5-2-3-7-19(15)22-25-24-21(28-22)17-9-11-18(12-10-17)23(27)26-14-13-16-6-4-8-20(16)26/h2-3,5,7,9-12,16,20H,4,6,8,13-14H2,1H3. The molecule has 0 N–H and O–H groups in total. The minimum absolute atomic E-state index is 0.145. The Balaban J connectivity index is 1.36. The third-order valence-electron chi connectivity index (χ3n) is 6.20. The van der Waals surface area contributed by atoms with Crippen LogP contribution in [0.25, 0.3) is 22.9 Å². The Hall–Kier alpha value is -2.95. The van der Waals surface area contributed by atoms with Crippen molar-refractivity contribution in [3.05, 3.63) is 59.7 Å². The highest BCUT2D eigenvalue weighted by molar-refractivity contribution is 5.95. The van der Waals surface area contributed by atoms with Crippen molar-refractivity contribution < 1.29 is 9.21 Å². The summed E-state index contributed by atoms with van der Waals surface area (Å²) in [5.41, 5.74) is 3.58. The molecule has 2 atom stereocenters. The van der Waals surface area contributed by atoms with Crippen LogP contribution in [0.5, 0.6) is 0 Å². The van der Waals surface area contributed by atoms with E-state index in [1.807, 2.05) is 55.5 Å². The lowest BCUT2D eigenvalue weighted by Crippen LogP contribution is -2.35. The van der Waals surface area contributed by atoms with Crippen LogP contribution in [0.1, 0.15) is 41.6 Å². The first-order chi connectivity index (χ1) is 13.7. The summed E-state index contributed by atoms with van der Waals surface area (Å²) in [5, 5.41) is 8.38. The summed E-state index contributed by atoms with van der Waals surface area (Å²) in [6.07, 6.45) is 4.82. The highest BCUT2D eigenvalue weighted by Crippen LogP contribution is 2.38. The van der Waals surface area contributed by atoms with Crippen LogP contribution in [0.15, 0.2) is 52.9 Å². The van der Waals surface area contributed by atoms with E-state index in [2.05, 4.69) is 15.1 Å². The fraction of sp³-hybridized carbons (Fsp3) is 0.348. The molecule has 2 unspecified atom stereocenters. The number of fused-ring (bicyclic) bond motifs is 1. The second-order valence-corrected chi connectivity index (χ2v) is 7.85. The molecule has 28 heavy (non-hydrogen) atoms. The number of benzene rings is 2. The van der Waals surface area contributed by atoms with Gasteiger partial charge in [0.2, 0.25) is 11.8 Å². The number of rotatable bonds is 3. The molecule has 5 nitrogen and oxygen atoms in total. The maximum atomic E-state index is 12.9. The third-order valence-corrected chi connectivity index (χ3v) is 6.20. The van der Waals surface area contributed by atoms with Crippen molar-refractivity contribution in [2.75, 3.05) is 6.54 Å². The van der Waals surface area contributed by atoms with Gasteiger partial charge in [0, 0.05) is 29.3 Å². The zero-order valence-corrected chi connectivity index (χ0v) is 16.0. The van der Waals surface area contributed by atoms with Gasteiger partial charge in [-0.2, -0.15) is 0 Å². The summed E-state index contributed by atoms with van der Waals surface area (Å²) in [4.78, 5) is 15.0. The van der Waals surface area contributed by atoms with Crippen LogP contribution >= 0.6 is 0 Å². The van der Waals surface area contributed by atoms with Crippen molar-refractivity contribution in [2.24, 2.45) is 5.92 Å². The van der Waals surface area contributed by atoms with Gasteiger partial charge in [-0.3, -0.25) is 4.79 Å². The zero-order chi connectivity index (χ0) is 19.1. The van der Waals surface area contributed by atoms with Crippen molar-refractivity contribution in [1.82, 2.24) is 15.1 Å². The maximum absolute atomic E-state index is 12.9. The first-order valence-electron chi connectivity index (χ1n) is 10.0. The van der Waals surface area contributed by atoms with Gasteiger partial charge in [-0.15, -0.1) is 10.2 Å². The Bertz CT molecular complexity index is 1010. The SMILES string of the molecule is Cc1ccccc1-c1nnc(-c2ccc(C(=O)N3CCC4CCCC43)cc2)o1. The molecule has 1 amide bonds. The molecule has 5 rings (SSSR count). The Kier molecular flexibility index (Phi) is 4.23. The summed E-state index contributed by atoms with van der Waals surface area (Å²) in [7, 11) is 0. The molecule has 0 radical (unpaired) electrons. The second kappa shape index (κ2) is 6.89. The number of hydrogen-bond acceptors (Lipinski definition) is 4. The lowest BCUT2D eigenvalue weighted by Gasteiger charge is -2.24. The largest absolute Gasteiger partial charge is 0.416 e. The van der Waals surface area contributed by atoms with Crippen molar-refractivity contribution in [3.63, 3.8) is 0 Å². The quantitative estimate of drug-likeness (QED) is 0.666. The average Bonchev–Trinajstić information content (AvgIpc) is 3.45. The van der Waals surface area contributed by atoms with E-state index in [9.17, 15) is 4.79 Å². The van der Waals surface area contributed by atoms with Crippen LogP contribution in [0.2, 0.25) is 0 Å². The van der Waals surface area contributed by atoms with Gasteiger partial charge in [0.15, 0.2) is 0 Å². The average molecular weight is 373 g/mol. The Morgan fingerprint density at radius 3 is 2.61 bits per heavy atom. The minimum Gasteiger partial charge on any atom is -0.416 e. The first-order valence-corrected chi connectivity index (χ1v) is 10.0. The fourth-order valence-electron chi connectivity index (χ4n) is 4.67. The molecular formula is C23H23N3O2. The first kappa shape index (κ1) is 17.2. The van der Waals surface area contributed by atoms with Gasteiger partial charge < -0.3 is 9.32 Å². The Morgan fingerprint density at radius 1 is 1.00 bits per heavy atom. The number of likely N-dealkylation sites (tertiary alicyclic amines) is 1. The van der Waals surface area contributed by atoms with Gasteiger partial charge >= 0.3 is 0 Å². The Morgan fingerprint density at radius 2 is 1.79 bits per heavy atom. The molecule has 1 saturated heterocycles. The van der Waals surface area contributed by atoms with E-state index in [-0.39, 0.29) is 5.91 Å². The maximum Gasteiger partial charge on any atom is 0.254 e. The Labute approximate surface area is 164 Å². The van der Waals surface area contributed by atoms with E-state index in [4.69, 9.17) is 4.42 Å². The molecule has 5 heteroatoms. The molecule has 3 aromatic rings. The molecule has 1 saturated carbocycles. The molecular weight excluding hydrogens is 350 g/mol. The molecule has 2 fully saturated rings. The van der Waals surface area contributed by atoms with E-state index < -0.39 is 0 Å². The smallest absolute Gasteiger partial charge is 0.254 e. The molecule has 1 aliphatic carbocycles. The van der Waals surface area contributed by atoms with Crippen LogP contribution in [0, 0.1) is 12.8 Å². The molecule has 2 aliphatic rings. The summed E-state index contributed by atoms with van der Waals surface area (Å²) in [5.74, 6) is 1.83. The van der Waals surface area contributed by atoms with Crippen LogP contribution in [-0.2, 0) is 0 Å². The van der Waals surface area contributed by atoms with E-state index in [0.717, 1.165) is 41.6 Å². The van der Waals surface area contributed by atoms with Crippen LogP contribution < -0.4 is 0 Å². The van der Waals surface area contributed by atoms with Crippen molar-refractivity contribution in [3.8, 4) is 22.9 Å². The number of carbonyl (C=O) groups is 1.